The predicted molar refractivity (Wildman–Crippen MR) is 76.9 cm³/mol. The van der Waals surface area contributed by atoms with Gasteiger partial charge in [0, 0.05) is 30.7 Å². The van der Waals surface area contributed by atoms with Crippen LogP contribution in [0.3, 0.4) is 0 Å². The number of pyridine rings is 1. The Bertz CT molecular complexity index is 726. The Morgan fingerprint density at radius 3 is 3.10 bits per heavy atom. The van der Waals surface area contributed by atoms with Crippen molar-refractivity contribution < 1.29 is 0 Å². The molecule has 1 N–H and O–H groups in total. The first kappa shape index (κ1) is 12.6. The van der Waals surface area contributed by atoms with Crippen LogP contribution in [-0.4, -0.2) is 24.4 Å². The summed E-state index contributed by atoms with van der Waals surface area (Å²) in [4.78, 5) is 0. The summed E-state index contributed by atoms with van der Waals surface area (Å²) in [7, 11) is 0. The fraction of sp³-hybridized carbons (Fsp3) is 0.214. The summed E-state index contributed by atoms with van der Waals surface area (Å²) >= 11 is 0. The Morgan fingerprint density at radius 1 is 1.40 bits per heavy atom. The largest absolute Gasteiger partial charge is 0.303 e. The second-order valence-corrected chi connectivity index (χ2v) is 4.60. The van der Waals surface area contributed by atoms with E-state index in [0.29, 0.717) is 0 Å². The van der Waals surface area contributed by atoms with E-state index in [-0.39, 0.29) is 6.04 Å². The minimum atomic E-state index is 0.0967. The molecule has 0 aromatic carbocycles. The van der Waals surface area contributed by atoms with E-state index < -0.39 is 0 Å². The van der Waals surface area contributed by atoms with Gasteiger partial charge < -0.3 is 5.32 Å². The Labute approximate surface area is 116 Å². The lowest BCUT2D eigenvalue weighted by atomic mass is 10.3. The highest BCUT2D eigenvalue weighted by molar-refractivity contribution is 5.37. The van der Waals surface area contributed by atoms with Gasteiger partial charge in [0.05, 0.1) is 12.2 Å². The molecule has 0 saturated carbocycles. The summed E-state index contributed by atoms with van der Waals surface area (Å²) in [6.07, 6.45) is 7.40. The molecule has 6 nitrogen and oxygen atoms in total. The molecule has 3 aromatic heterocycles. The first-order valence-electron chi connectivity index (χ1n) is 6.46. The number of fused-ring (bicyclic) bond motifs is 1. The third-order valence-corrected chi connectivity index (χ3v) is 3.18. The molecule has 0 bridgehead atoms. The van der Waals surface area contributed by atoms with Gasteiger partial charge in [-0.05, 0) is 19.1 Å². The number of rotatable bonds is 5. The highest BCUT2D eigenvalue weighted by Crippen LogP contribution is 2.12. The lowest BCUT2D eigenvalue weighted by Gasteiger charge is -2.11. The predicted octanol–water partition coefficient (Wildman–Crippen LogP) is 1.88. The second kappa shape index (κ2) is 5.26. The van der Waals surface area contributed by atoms with Crippen molar-refractivity contribution in [2.24, 2.45) is 0 Å². The molecule has 0 saturated heterocycles. The zero-order valence-corrected chi connectivity index (χ0v) is 11.3. The van der Waals surface area contributed by atoms with E-state index in [1.165, 1.54) is 0 Å². The van der Waals surface area contributed by atoms with Crippen LogP contribution < -0.4 is 5.32 Å². The SMILES string of the molecule is C=Cn1cc(CNC(C)c2nnc3ccccn23)cn1. The molecule has 6 heteroatoms. The van der Waals surface area contributed by atoms with Gasteiger partial charge in [0.1, 0.15) is 0 Å². The van der Waals surface area contributed by atoms with Crippen LogP contribution >= 0.6 is 0 Å². The lowest BCUT2D eigenvalue weighted by molar-refractivity contribution is 0.541. The van der Waals surface area contributed by atoms with E-state index in [9.17, 15) is 0 Å². The molecule has 102 valence electrons. The first-order chi connectivity index (χ1) is 9.78. The minimum absolute atomic E-state index is 0.0967. The molecule has 0 fully saturated rings. The smallest absolute Gasteiger partial charge is 0.160 e. The molecule has 0 aliphatic carbocycles. The van der Waals surface area contributed by atoms with Gasteiger partial charge >= 0.3 is 0 Å². The van der Waals surface area contributed by atoms with Crippen molar-refractivity contribution in [3.05, 3.63) is 54.8 Å². The summed E-state index contributed by atoms with van der Waals surface area (Å²) in [5.41, 5.74) is 1.96. The maximum Gasteiger partial charge on any atom is 0.160 e. The molecule has 0 radical (unpaired) electrons. The van der Waals surface area contributed by atoms with Crippen molar-refractivity contribution in [1.82, 2.24) is 29.7 Å². The van der Waals surface area contributed by atoms with Crippen LogP contribution in [0.5, 0.6) is 0 Å². The third kappa shape index (κ3) is 2.33. The molecule has 0 aliphatic rings. The van der Waals surface area contributed by atoms with Crippen molar-refractivity contribution in [1.29, 1.82) is 0 Å². The van der Waals surface area contributed by atoms with Crippen molar-refractivity contribution in [3.8, 4) is 0 Å². The summed E-state index contributed by atoms with van der Waals surface area (Å²) in [6, 6.07) is 5.97. The number of nitrogens with one attached hydrogen (secondary N) is 1. The molecule has 0 spiro atoms. The van der Waals surface area contributed by atoms with E-state index in [1.54, 1.807) is 10.9 Å². The topological polar surface area (TPSA) is 60.0 Å². The average molecular weight is 268 g/mol. The maximum absolute atomic E-state index is 4.24. The Hall–Kier alpha value is -2.47. The van der Waals surface area contributed by atoms with E-state index in [0.717, 1.165) is 23.6 Å². The molecule has 0 amide bonds. The van der Waals surface area contributed by atoms with Gasteiger partial charge in [-0.3, -0.25) is 4.40 Å². The number of aromatic nitrogens is 5. The monoisotopic (exact) mass is 268 g/mol. The van der Waals surface area contributed by atoms with Crippen LogP contribution in [0.25, 0.3) is 11.8 Å². The van der Waals surface area contributed by atoms with Crippen LogP contribution in [0.2, 0.25) is 0 Å². The lowest BCUT2D eigenvalue weighted by Crippen LogP contribution is -2.20. The van der Waals surface area contributed by atoms with Gasteiger partial charge in [-0.25, -0.2) is 4.68 Å². The van der Waals surface area contributed by atoms with Gasteiger partial charge in [0.25, 0.3) is 0 Å². The normalized spacial score (nSPS) is 12.7. The van der Waals surface area contributed by atoms with Gasteiger partial charge in [0.2, 0.25) is 0 Å². The second-order valence-electron chi connectivity index (χ2n) is 4.60. The van der Waals surface area contributed by atoms with E-state index in [4.69, 9.17) is 0 Å². The fourth-order valence-electron chi connectivity index (χ4n) is 2.09. The Kier molecular flexibility index (Phi) is 3.30. The zero-order chi connectivity index (χ0) is 13.9. The highest BCUT2D eigenvalue weighted by atomic mass is 15.3. The fourth-order valence-corrected chi connectivity index (χ4v) is 2.09. The van der Waals surface area contributed by atoms with Crippen LogP contribution in [0.15, 0.2) is 43.4 Å². The van der Waals surface area contributed by atoms with E-state index >= 15 is 0 Å². The molecule has 3 aromatic rings. The Morgan fingerprint density at radius 2 is 2.30 bits per heavy atom. The van der Waals surface area contributed by atoms with Crippen LogP contribution in [0.4, 0.5) is 0 Å². The standard InChI is InChI=1S/C14H16N6/c1-3-19-10-12(9-16-19)8-15-11(2)14-18-17-13-6-4-5-7-20(13)14/h3-7,9-11,15H,1,8H2,2H3. The quantitative estimate of drug-likeness (QED) is 0.767. The summed E-state index contributed by atoms with van der Waals surface area (Å²) in [6.45, 7) is 6.46. The van der Waals surface area contributed by atoms with Crippen molar-refractivity contribution in [3.63, 3.8) is 0 Å². The summed E-state index contributed by atoms with van der Waals surface area (Å²) in [5, 5.41) is 16.0. The molecule has 20 heavy (non-hydrogen) atoms. The van der Waals surface area contributed by atoms with Crippen LogP contribution in [-0.2, 0) is 6.54 Å². The van der Waals surface area contributed by atoms with Crippen LogP contribution in [0, 0.1) is 0 Å². The molecule has 1 unspecified atom stereocenters. The van der Waals surface area contributed by atoms with Gasteiger partial charge in [-0.2, -0.15) is 5.10 Å². The summed E-state index contributed by atoms with van der Waals surface area (Å²) in [5.74, 6) is 0.900. The van der Waals surface area contributed by atoms with Gasteiger partial charge in [-0.1, -0.05) is 12.6 Å². The zero-order valence-electron chi connectivity index (χ0n) is 11.3. The molecule has 3 rings (SSSR count). The van der Waals surface area contributed by atoms with E-state index in [1.807, 2.05) is 41.2 Å². The van der Waals surface area contributed by atoms with E-state index in [2.05, 4.69) is 34.1 Å². The maximum atomic E-state index is 4.24. The number of hydrogen-bond acceptors (Lipinski definition) is 4. The third-order valence-electron chi connectivity index (χ3n) is 3.18. The van der Waals surface area contributed by atoms with Gasteiger partial charge in [0.15, 0.2) is 11.5 Å². The molecular formula is C14H16N6. The average Bonchev–Trinajstić information content (AvgIpc) is 3.11. The number of hydrogen-bond donors (Lipinski definition) is 1. The minimum Gasteiger partial charge on any atom is -0.303 e. The first-order valence-corrected chi connectivity index (χ1v) is 6.46. The molecule has 0 aliphatic heterocycles. The summed E-state index contributed by atoms with van der Waals surface area (Å²) < 4.78 is 3.68. The highest BCUT2D eigenvalue weighted by Gasteiger charge is 2.12. The number of nitrogens with zero attached hydrogens (tertiary/aromatic N) is 5. The molecule has 1 atom stereocenters. The van der Waals surface area contributed by atoms with Crippen molar-refractivity contribution >= 4 is 11.8 Å². The van der Waals surface area contributed by atoms with Crippen molar-refractivity contribution in [2.45, 2.75) is 19.5 Å². The molecule has 3 heterocycles. The van der Waals surface area contributed by atoms with Gasteiger partial charge in [-0.15, -0.1) is 10.2 Å². The van der Waals surface area contributed by atoms with Crippen molar-refractivity contribution in [2.75, 3.05) is 0 Å². The Balaban J connectivity index is 1.72. The molecular weight excluding hydrogens is 252 g/mol. The van der Waals surface area contributed by atoms with Crippen LogP contribution in [0.1, 0.15) is 24.4 Å².